The molecule has 2 atom stereocenters. The topological polar surface area (TPSA) is 75.3 Å². The number of rotatable bonds is 6. The maximum Gasteiger partial charge on any atom is 0.250 e. The standard InChI is InChI=1S/C11H20N2O2/c1-2-6-13-11(15)10(14)9(12)7-8-4-3-5-8/h2,8-10,14H,1,3-7,12H2,(H,13,15). The van der Waals surface area contributed by atoms with Gasteiger partial charge in [0.1, 0.15) is 6.10 Å². The predicted molar refractivity (Wildman–Crippen MR) is 59.1 cm³/mol. The number of nitrogens with one attached hydrogen (secondary N) is 1. The monoisotopic (exact) mass is 212 g/mol. The average molecular weight is 212 g/mol. The Balaban J connectivity index is 2.26. The van der Waals surface area contributed by atoms with Crippen LogP contribution >= 0.6 is 0 Å². The summed E-state index contributed by atoms with van der Waals surface area (Å²) >= 11 is 0. The molecule has 4 N–H and O–H groups in total. The van der Waals surface area contributed by atoms with Crippen LogP contribution in [0.3, 0.4) is 0 Å². The van der Waals surface area contributed by atoms with Crippen LogP contribution in [0.1, 0.15) is 25.7 Å². The Morgan fingerprint density at radius 3 is 2.80 bits per heavy atom. The van der Waals surface area contributed by atoms with Crippen molar-refractivity contribution in [2.45, 2.75) is 37.8 Å². The smallest absolute Gasteiger partial charge is 0.250 e. The molecule has 15 heavy (non-hydrogen) atoms. The van der Waals surface area contributed by atoms with Crippen molar-refractivity contribution in [3.63, 3.8) is 0 Å². The first kappa shape index (κ1) is 12.2. The summed E-state index contributed by atoms with van der Waals surface area (Å²) in [5.41, 5.74) is 5.76. The highest BCUT2D eigenvalue weighted by molar-refractivity contribution is 5.81. The lowest BCUT2D eigenvalue weighted by Crippen LogP contribution is -2.47. The Labute approximate surface area is 90.5 Å². The first-order valence-electron chi connectivity index (χ1n) is 5.47. The van der Waals surface area contributed by atoms with Crippen LogP contribution in [0.25, 0.3) is 0 Å². The van der Waals surface area contributed by atoms with Crippen molar-refractivity contribution in [2.75, 3.05) is 6.54 Å². The second-order valence-corrected chi connectivity index (χ2v) is 4.18. The zero-order chi connectivity index (χ0) is 11.3. The van der Waals surface area contributed by atoms with Crippen molar-refractivity contribution in [2.24, 2.45) is 11.7 Å². The van der Waals surface area contributed by atoms with E-state index in [0.717, 1.165) is 6.42 Å². The molecular formula is C11H20N2O2. The highest BCUT2D eigenvalue weighted by Gasteiger charge is 2.27. The van der Waals surface area contributed by atoms with Crippen molar-refractivity contribution in [1.82, 2.24) is 5.32 Å². The van der Waals surface area contributed by atoms with E-state index in [4.69, 9.17) is 5.73 Å². The predicted octanol–water partition coefficient (Wildman–Crippen LogP) is 0.167. The van der Waals surface area contributed by atoms with Gasteiger partial charge in [0, 0.05) is 12.6 Å². The molecule has 86 valence electrons. The molecule has 4 heteroatoms. The maximum atomic E-state index is 11.3. The molecule has 1 saturated carbocycles. The second-order valence-electron chi connectivity index (χ2n) is 4.18. The van der Waals surface area contributed by atoms with Crippen LogP contribution in [0, 0.1) is 5.92 Å². The van der Waals surface area contributed by atoms with E-state index in [0.29, 0.717) is 12.5 Å². The van der Waals surface area contributed by atoms with Gasteiger partial charge in [-0.1, -0.05) is 25.3 Å². The van der Waals surface area contributed by atoms with E-state index in [1.807, 2.05) is 0 Å². The molecule has 4 nitrogen and oxygen atoms in total. The number of carbonyl (C=O) groups excluding carboxylic acids is 1. The van der Waals surface area contributed by atoms with Crippen LogP contribution in [-0.2, 0) is 4.79 Å². The van der Waals surface area contributed by atoms with Crippen LogP contribution in [0.5, 0.6) is 0 Å². The molecule has 0 aromatic rings. The van der Waals surface area contributed by atoms with Gasteiger partial charge in [0.2, 0.25) is 0 Å². The van der Waals surface area contributed by atoms with E-state index in [2.05, 4.69) is 11.9 Å². The Bertz CT molecular complexity index is 227. The molecule has 2 unspecified atom stereocenters. The lowest BCUT2D eigenvalue weighted by atomic mass is 9.80. The van der Waals surface area contributed by atoms with E-state index < -0.39 is 18.1 Å². The van der Waals surface area contributed by atoms with Crippen LogP contribution in [0.15, 0.2) is 12.7 Å². The Morgan fingerprint density at radius 2 is 2.33 bits per heavy atom. The van der Waals surface area contributed by atoms with Gasteiger partial charge in [-0.05, 0) is 12.3 Å². The SMILES string of the molecule is C=CCNC(=O)C(O)C(N)CC1CCC1. The van der Waals surface area contributed by atoms with E-state index in [-0.39, 0.29) is 0 Å². The third kappa shape index (κ3) is 3.64. The molecule has 0 aliphatic heterocycles. The Kier molecular flexibility index (Phi) is 4.78. The van der Waals surface area contributed by atoms with Gasteiger partial charge in [0.25, 0.3) is 5.91 Å². The molecule has 1 amide bonds. The second kappa shape index (κ2) is 5.88. The minimum Gasteiger partial charge on any atom is -0.382 e. The lowest BCUT2D eigenvalue weighted by Gasteiger charge is -2.29. The van der Waals surface area contributed by atoms with Crippen LogP contribution < -0.4 is 11.1 Å². The van der Waals surface area contributed by atoms with Crippen molar-refractivity contribution in [3.05, 3.63) is 12.7 Å². The minimum absolute atomic E-state index is 0.367. The molecule has 0 radical (unpaired) electrons. The first-order chi connectivity index (χ1) is 7.15. The number of hydrogen-bond donors (Lipinski definition) is 3. The molecule has 0 aromatic carbocycles. The first-order valence-corrected chi connectivity index (χ1v) is 5.47. The summed E-state index contributed by atoms with van der Waals surface area (Å²) in [4.78, 5) is 11.3. The number of aliphatic hydroxyl groups excluding tert-OH is 1. The summed E-state index contributed by atoms with van der Waals surface area (Å²) in [6.45, 7) is 3.85. The molecule has 1 aliphatic rings. The summed E-state index contributed by atoms with van der Waals surface area (Å²) in [6, 6.07) is -0.444. The largest absolute Gasteiger partial charge is 0.382 e. The molecule has 1 fully saturated rings. The number of amides is 1. The van der Waals surface area contributed by atoms with Gasteiger partial charge in [-0.15, -0.1) is 6.58 Å². The number of hydrogen-bond acceptors (Lipinski definition) is 3. The fraction of sp³-hybridized carbons (Fsp3) is 0.727. The van der Waals surface area contributed by atoms with Gasteiger partial charge >= 0.3 is 0 Å². The number of carbonyl (C=O) groups is 1. The maximum absolute atomic E-state index is 11.3. The van der Waals surface area contributed by atoms with Gasteiger partial charge in [0.05, 0.1) is 0 Å². The van der Waals surface area contributed by atoms with Crippen molar-refractivity contribution in [1.29, 1.82) is 0 Å². The highest BCUT2D eigenvalue weighted by atomic mass is 16.3. The third-order valence-electron chi connectivity index (χ3n) is 2.93. The summed E-state index contributed by atoms with van der Waals surface area (Å²) in [7, 11) is 0. The van der Waals surface area contributed by atoms with Crippen molar-refractivity contribution < 1.29 is 9.90 Å². The van der Waals surface area contributed by atoms with Crippen LogP contribution in [0.2, 0.25) is 0 Å². The van der Waals surface area contributed by atoms with Gasteiger partial charge in [-0.2, -0.15) is 0 Å². The number of aliphatic hydroxyl groups is 1. The van der Waals surface area contributed by atoms with E-state index in [9.17, 15) is 9.90 Å². The zero-order valence-corrected chi connectivity index (χ0v) is 8.98. The molecule has 0 spiro atoms. The Hall–Kier alpha value is -0.870. The van der Waals surface area contributed by atoms with Crippen LogP contribution in [-0.4, -0.2) is 29.7 Å². The summed E-state index contributed by atoms with van der Waals surface area (Å²) in [5.74, 6) is 0.198. The van der Waals surface area contributed by atoms with Gasteiger partial charge in [0.15, 0.2) is 0 Å². The lowest BCUT2D eigenvalue weighted by molar-refractivity contribution is -0.130. The average Bonchev–Trinajstić information content (AvgIpc) is 2.18. The minimum atomic E-state index is -1.09. The zero-order valence-electron chi connectivity index (χ0n) is 8.98. The molecular weight excluding hydrogens is 192 g/mol. The van der Waals surface area contributed by atoms with Gasteiger partial charge < -0.3 is 16.2 Å². The fourth-order valence-corrected chi connectivity index (χ4v) is 1.71. The Morgan fingerprint density at radius 1 is 1.67 bits per heavy atom. The normalized spacial score (nSPS) is 20.1. The number of nitrogens with two attached hydrogens (primary N) is 1. The molecule has 0 saturated heterocycles. The van der Waals surface area contributed by atoms with E-state index >= 15 is 0 Å². The van der Waals surface area contributed by atoms with Crippen LogP contribution in [0.4, 0.5) is 0 Å². The van der Waals surface area contributed by atoms with Gasteiger partial charge in [-0.25, -0.2) is 0 Å². The third-order valence-corrected chi connectivity index (χ3v) is 2.93. The molecule has 1 rings (SSSR count). The van der Waals surface area contributed by atoms with E-state index in [1.165, 1.54) is 19.3 Å². The molecule has 0 aromatic heterocycles. The van der Waals surface area contributed by atoms with E-state index in [1.54, 1.807) is 6.08 Å². The van der Waals surface area contributed by atoms with Crippen molar-refractivity contribution in [3.8, 4) is 0 Å². The summed E-state index contributed by atoms with van der Waals surface area (Å²) in [5, 5.41) is 12.1. The summed E-state index contributed by atoms with van der Waals surface area (Å²) in [6.07, 6.45) is 4.81. The summed E-state index contributed by atoms with van der Waals surface area (Å²) < 4.78 is 0. The molecule has 1 aliphatic carbocycles. The molecule has 0 bridgehead atoms. The fourth-order valence-electron chi connectivity index (χ4n) is 1.71. The quantitative estimate of drug-likeness (QED) is 0.549. The van der Waals surface area contributed by atoms with Gasteiger partial charge in [-0.3, -0.25) is 4.79 Å². The molecule has 0 heterocycles. The highest BCUT2D eigenvalue weighted by Crippen LogP contribution is 2.30. The van der Waals surface area contributed by atoms with Crippen molar-refractivity contribution >= 4 is 5.91 Å².